The molecule has 0 saturated heterocycles. The first kappa shape index (κ1) is 15.4. The third kappa shape index (κ3) is 4.51. The van der Waals surface area contributed by atoms with E-state index in [9.17, 15) is 4.79 Å². The first-order valence-corrected chi connectivity index (χ1v) is 6.72. The molecule has 0 bridgehead atoms. The van der Waals surface area contributed by atoms with Gasteiger partial charge >= 0.3 is 0 Å². The molecule has 0 amide bonds. The van der Waals surface area contributed by atoms with Crippen molar-refractivity contribution in [3.8, 4) is 0 Å². The van der Waals surface area contributed by atoms with Crippen LogP contribution in [0.15, 0.2) is 47.6 Å². The van der Waals surface area contributed by atoms with Crippen LogP contribution in [0.4, 0.5) is 0 Å². The third-order valence-corrected chi connectivity index (χ3v) is 3.34. The van der Waals surface area contributed by atoms with Crippen LogP contribution in [0.25, 0.3) is 0 Å². The number of rotatable bonds is 5. The second-order valence-corrected chi connectivity index (χ2v) is 5.78. The van der Waals surface area contributed by atoms with E-state index in [0.29, 0.717) is 0 Å². The van der Waals surface area contributed by atoms with Crippen molar-refractivity contribution in [2.45, 2.75) is 46.5 Å². The topological polar surface area (TPSA) is 17.1 Å². The van der Waals surface area contributed by atoms with Gasteiger partial charge in [0.25, 0.3) is 0 Å². The van der Waals surface area contributed by atoms with E-state index in [1.54, 1.807) is 0 Å². The molecule has 0 aromatic heterocycles. The van der Waals surface area contributed by atoms with E-state index in [1.165, 1.54) is 16.7 Å². The summed E-state index contributed by atoms with van der Waals surface area (Å²) in [7, 11) is 0. The molecule has 1 heteroatoms. The molecule has 0 heterocycles. The molecular formula is C18H24O. The maximum absolute atomic E-state index is 10.9. The fourth-order valence-electron chi connectivity index (χ4n) is 2.21. The predicted molar refractivity (Wildman–Crippen MR) is 82.4 cm³/mol. The summed E-state index contributed by atoms with van der Waals surface area (Å²) in [5, 5.41) is 0. The number of benzene rings is 1. The molecule has 19 heavy (non-hydrogen) atoms. The van der Waals surface area contributed by atoms with Crippen LogP contribution in [0, 0.1) is 6.92 Å². The first-order valence-electron chi connectivity index (χ1n) is 6.72. The molecule has 0 saturated carbocycles. The van der Waals surface area contributed by atoms with Crippen LogP contribution in [-0.4, -0.2) is 6.29 Å². The Morgan fingerprint density at radius 2 is 1.95 bits per heavy atom. The van der Waals surface area contributed by atoms with E-state index in [1.807, 2.05) is 6.92 Å². The average molecular weight is 256 g/mol. The zero-order valence-corrected chi connectivity index (χ0v) is 12.7. The number of aldehydes is 1. The van der Waals surface area contributed by atoms with Crippen molar-refractivity contribution in [2.75, 3.05) is 0 Å². The fourth-order valence-corrected chi connectivity index (χ4v) is 2.21. The lowest BCUT2D eigenvalue weighted by Gasteiger charge is -2.26. The van der Waals surface area contributed by atoms with Crippen LogP contribution in [0.2, 0.25) is 0 Å². The molecule has 0 aliphatic heterocycles. The monoisotopic (exact) mass is 256 g/mol. The number of hydrogen-bond acceptors (Lipinski definition) is 1. The molecule has 0 radical (unpaired) electrons. The maximum atomic E-state index is 10.9. The zero-order chi connectivity index (χ0) is 14.5. The number of hydrogen-bond donors (Lipinski definition) is 0. The Hall–Kier alpha value is -1.63. The molecule has 1 aromatic carbocycles. The Balaban J connectivity index is 3.25. The van der Waals surface area contributed by atoms with Gasteiger partial charge in [0.2, 0.25) is 0 Å². The summed E-state index contributed by atoms with van der Waals surface area (Å²) in [5.41, 5.74) is 4.46. The lowest BCUT2D eigenvalue weighted by atomic mass is 9.77. The van der Waals surface area contributed by atoms with Crippen LogP contribution in [0.5, 0.6) is 0 Å². The molecule has 1 unspecified atom stereocenters. The molecule has 0 fully saturated rings. The Morgan fingerprint density at radius 3 is 2.47 bits per heavy atom. The minimum Gasteiger partial charge on any atom is -0.298 e. The number of carbonyl (C=O) groups is 1. The lowest BCUT2D eigenvalue weighted by molar-refractivity contribution is -0.104. The van der Waals surface area contributed by atoms with Gasteiger partial charge < -0.3 is 0 Å². The van der Waals surface area contributed by atoms with Gasteiger partial charge in [-0.2, -0.15) is 0 Å². The summed E-state index contributed by atoms with van der Waals surface area (Å²) in [6.45, 7) is 10.4. The summed E-state index contributed by atoms with van der Waals surface area (Å²) < 4.78 is 0. The molecule has 0 spiro atoms. The van der Waals surface area contributed by atoms with E-state index < -0.39 is 0 Å². The molecular weight excluding hydrogens is 232 g/mol. The predicted octanol–water partition coefficient (Wildman–Crippen LogP) is 4.75. The van der Waals surface area contributed by atoms with Gasteiger partial charge in [-0.05, 0) is 45.3 Å². The third-order valence-electron chi connectivity index (χ3n) is 3.34. The highest BCUT2D eigenvalue weighted by Crippen LogP contribution is 2.31. The highest BCUT2D eigenvalue weighted by atomic mass is 16.1. The van der Waals surface area contributed by atoms with Crippen LogP contribution in [0.1, 0.15) is 45.2 Å². The van der Waals surface area contributed by atoms with Crippen molar-refractivity contribution < 1.29 is 4.79 Å². The van der Waals surface area contributed by atoms with Gasteiger partial charge in [0.05, 0.1) is 0 Å². The summed E-state index contributed by atoms with van der Waals surface area (Å²) >= 11 is 0. The minimum atomic E-state index is -0.131. The molecule has 0 aliphatic carbocycles. The van der Waals surface area contributed by atoms with Crippen LogP contribution >= 0.6 is 0 Å². The molecule has 102 valence electrons. The quantitative estimate of drug-likeness (QED) is 0.422. The molecule has 1 rings (SSSR count). The van der Waals surface area contributed by atoms with Gasteiger partial charge in [-0.3, -0.25) is 4.79 Å². The van der Waals surface area contributed by atoms with Crippen molar-refractivity contribution in [2.24, 2.45) is 0 Å². The van der Waals surface area contributed by atoms with E-state index >= 15 is 0 Å². The molecule has 1 atom stereocenters. The zero-order valence-electron chi connectivity index (χ0n) is 12.7. The van der Waals surface area contributed by atoms with Crippen molar-refractivity contribution >= 4 is 6.29 Å². The van der Waals surface area contributed by atoms with E-state index in [4.69, 9.17) is 0 Å². The fraction of sp³-hybridized carbons (Fsp3) is 0.389. The first-order chi connectivity index (χ1) is 8.87. The highest BCUT2D eigenvalue weighted by molar-refractivity contribution is 5.72. The largest absolute Gasteiger partial charge is 0.298 e. The van der Waals surface area contributed by atoms with Crippen LogP contribution in [-0.2, 0) is 10.2 Å². The molecule has 1 nitrogen and oxygen atoms in total. The van der Waals surface area contributed by atoms with Gasteiger partial charge in [0, 0.05) is 5.41 Å². The second kappa shape index (κ2) is 6.51. The number of carbonyl (C=O) groups excluding carboxylic acids is 1. The van der Waals surface area contributed by atoms with Gasteiger partial charge in [-0.25, -0.2) is 0 Å². The summed E-state index contributed by atoms with van der Waals surface area (Å²) in [6.07, 6.45) is 6.14. The smallest absolute Gasteiger partial charge is 0.145 e. The summed E-state index contributed by atoms with van der Waals surface area (Å²) in [6, 6.07) is 8.52. The Bertz CT molecular complexity index is 504. The second-order valence-electron chi connectivity index (χ2n) is 5.78. The van der Waals surface area contributed by atoms with Crippen molar-refractivity contribution in [3.63, 3.8) is 0 Å². The van der Waals surface area contributed by atoms with Crippen molar-refractivity contribution in [1.29, 1.82) is 0 Å². The molecule has 1 aromatic rings. The molecule has 0 aliphatic rings. The van der Waals surface area contributed by atoms with E-state index in [-0.39, 0.29) is 5.41 Å². The normalized spacial score (nSPS) is 14.7. The van der Waals surface area contributed by atoms with Crippen molar-refractivity contribution in [1.82, 2.24) is 0 Å². The Labute approximate surface area is 117 Å². The molecule has 0 N–H and O–H groups in total. The van der Waals surface area contributed by atoms with E-state index in [2.05, 4.69) is 64.1 Å². The van der Waals surface area contributed by atoms with Gasteiger partial charge in [0.15, 0.2) is 0 Å². The maximum Gasteiger partial charge on any atom is 0.145 e. The van der Waals surface area contributed by atoms with Gasteiger partial charge in [-0.15, -0.1) is 0 Å². The Kier molecular flexibility index (Phi) is 5.29. The number of allylic oxidation sites excluding steroid dienone is 4. The SMILES string of the molecule is CC(C)=CCC(C)(/C=C(\C)C=O)c1cccc(C)c1. The van der Waals surface area contributed by atoms with Gasteiger partial charge in [0.1, 0.15) is 6.29 Å². The lowest BCUT2D eigenvalue weighted by Crippen LogP contribution is -2.19. The number of aryl methyl sites for hydroxylation is 1. The Morgan fingerprint density at radius 1 is 1.26 bits per heavy atom. The van der Waals surface area contributed by atoms with Crippen molar-refractivity contribution in [3.05, 3.63) is 58.7 Å². The van der Waals surface area contributed by atoms with E-state index in [0.717, 1.165) is 18.3 Å². The summed E-state index contributed by atoms with van der Waals surface area (Å²) in [5.74, 6) is 0. The standard InChI is InChI=1S/C18H24O/c1-14(2)9-10-18(5,12-16(4)13-19)17-8-6-7-15(3)11-17/h6-9,11-13H,10H2,1-5H3/b16-12+. The highest BCUT2D eigenvalue weighted by Gasteiger charge is 2.23. The van der Waals surface area contributed by atoms with Crippen LogP contribution in [0.3, 0.4) is 0 Å². The average Bonchev–Trinajstić information content (AvgIpc) is 2.36. The van der Waals surface area contributed by atoms with Crippen LogP contribution < -0.4 is 0 Å². The minimum absolute atomic E-state index is 0.131. The summed E-state index contributed by atoms with van der Waals surface area (Å²) in [4.78, 5) is 10.9. The van der Waals surface area contributed by atoms with Gasteiger partial charge in [-0.1, -0.05) is 54.5 Å².